The average molecular weight is 310 g/mol. The third-order valence-corrected chi connectivity index (χ3v) is 4.49. The minimum Gasteiger partial charge on any atom is -0.389 e. The first-order chi connectivity index (χ1) is 9.63. The van der Waals surface area contributed by atoms with Gasteiger partial charge in [0.25, 0.3) is 0 Å². The molecule has 0 aliphatic heterocycles. The summed E-state index contributed by atoms with van der Waals surface area (Å²) in [5, 5.41) is 0. The number of nitrogens with zero attached hydrogens (tertiary/aromatic N) is 1. The molecule has 20 heavy (non-hydrogen) atoms. The lowest BCUT2D eigenvalue weighted by molar-refractivity contribution is 0.131. The second-order valence-electron chi connectivity index (χ2n) is 5.16. The van der Waals surface area contributed by atoms with Crippen molar-refractivity contribution in [2.75, 3.05) is 38.0 Å². The van der Waals surface area contributed by atoms with E-state index in [1.807, 2.05) is 12.3 Å². The summed E-state index contributed by atoms with van der Waals surface area (Å²) in [5.41, 5.74) is 7.95. The van der Waals surface area contributed by atoms with Gasteiger partial charge in [-0.2, -0.15) is 0 Å². The predicted octanol–water partition coefficient (Wildman–Crippen LogP) is 2.91. The molecular formula is C15H22N2OS2. The highest BCUT2D eigenvalue weighted by Gasteiger charge is 2.21. The zero-order valence-corrected chi connectivity index (χ0v) is 13.7. The Kier molecular flexibility index (Phi) is 5.69. The summed E-state index contributed by atoms with van der Waals surface area (Å²) in [4.78, 5) is 3.75. The second-order valence-corrected chi connectivity index (χ2v) is 6.45. The molecule has 0 amide bonds. The molecule has 1 aliphatic carbocycles. The molecule has 1 aromatic carbocycles. The van der Waals surface area contributed by atoms with E-state index in [1.54, 1.807) is 11.8 Å². The Bertz CT molecular complexity index is 475. The molecule has 1 aromatic rings. The zero-order chi connectivity index (χ0) is 14.5. The first kappa shape index (κ1) is 15.6. The summed E-state index contributed by atoms with van der Waals surface area (Å²) < 4.78 is 5.70. The molecule has 0 bridgehead atoms. The van der Waals surface area contributed by atoms with E-state index in [0.717, 1.165) is 41.8 Å². The Labute approximate surface area is 130 Å². The molecule has 0 radical (unpaired) electrons. The van der Waals surface area contributed by atoms with Crippen LogP contribution in [-0.4, -0.2) is 38.1 Å². The lowest BCUT2D eigenvalue weighted by Crippen LogP contribution is -2.26. The third-order valence-electron chi connectivity index (χ3n) is 3.50. The molecule has 0 atom stereocenters. The molecule has 5 heteroatoms. The maximum absolute atomic E-state index is 5.89. The number of hydrogen-bond acceptors (Lipinski definition) is 4. The Morgan fingerprint density at radius 3 is 2.85 bits per heavy atom. The molecule has 1 fully saturated rings. The van der Waals surface area contributed by atoms with Crippen LogP contribution in [0.25, 0.3) is 0 Å². The fourth-order valence-electron chi connectivity index (χ4n) is 2.11. The van der Waals surface area contributed by atoms with Gasteiger partial charge in [-0.25, -0.2) is 0 Å². The van der Waals surface area contributed by atoms with Crippen molar-refractivity contribution in [3.05, 3.63) is 23.8 Å². The topological polar surface area (TPSA) is 38.5 Å². The number of nitrogens with two attached hydrogens (primary N) is 1. The van der Waals surface area contributed by atoms with Crippen molar-refractivity contribution in [1.29, 1.82) is 0 Å². The van der Waals surface area contributed by atoms with E-state index in [-0.39, 0.29) is 0 Å². The van der Waals surface area contributed by atoms with Gasteiger partial charge in [0.1, 0.15) is 4.99 Å². The number of thiocarbonyl (C=S) groups is 1. The van der Waals surface area contributed by atoms with E-state index in [4.69, 9.17) is 22.7 Å². The average Bonchev–Trinajstić information content (AvgIpc) is 3.26. The summed E-state index contributed by atoms with van der Waals surface area (Å²) in [6.45, 7) is 2.49. The van der Waals surface area contributed by atoms with Gasteiger partial charge in [0.15, 0.2) is 0 Å². The van der Waals surface area contributed by atoms with Crippen LogP contribution in [0.2, 0.25) is 0 Å². The summed E-state index contributed by atoms with van der Waals surface area (Å²) in [5.74, 6) is 0.812. The highest BCUT2D eigenvalue weighted by molar-refractivity contribution is 7.98. The molecule has 1 saturated carbocycles. The molecule has 2 N–H and O–H groups in total. The van der Waals surface area contributed by atoms with Gasteiger partial charge in [-0.05, 0) is 37.1 Å². The summed E-state index contributed by atoms with van der Waals surface area (Å²) in [7, 11) is 2.06. The van der Waals surface area contributed by atoms with E-state index in [2.05, 4.69) is 24.1 Å². The first-order valence-corrected chi connectivity index (χ1v) is 8.52. The van der Waals surface area contributed by atoms with Crippen molar-refractivity contribution >= 4 is 34.7 Å². The number of rotatable bonds is 8. The maximum atomic E-state index is 5.89. The summed E-state index contributed by atoms with van der Waals surface area (Å²) >= 11 is 6.88. The van der Waals surface area contributed by atoms with Gasteiger partial charge >= 0.3 is 0 Å². The van der Waals surface area contributed by atoms with E-state index in [0.29, 0.717) is 4.99 Å². The third kappa shape index (κ3) is 4.11. The lowest BCUT2D eigenvalue weighted by Gasteiger charge is -2.23. The summed E-state index contributed by atoms with van der Waals surface area (Å²) in [6, 6.07) is 6.17. The van der Waals surface area contributed by atoms with Gasteiger partial charge in [-0.1, -0.05) is 18.3 Å². The monoisotopic (exact) mass is 310 g/mol. The Morgan fingerprint density at radius 2 is 2.25 bits per heavy atom. The van der Waals surface area contributed by atoms with E-state index in [9.17, 15) is 0 Å². The quantitative estimate of drug-likeness (QED) is 0.454. The predicted molar refractivity (Wildman–Crippen MR) is 90.9 cm³/mol. The van der Waals surface area contributed by atoms with Crippen LogP contribution in [0.3, 0.4) is 0 Å². The van der Waals surface area contributed by atoms with Crippen LogP contribution in [0.15, 0.2) is 23.1 Å². The van der Waals surface area contributed by atoms with Crippen molar-refractivity contribution in [2.24, 2.45) is 11.7 Å². The van der Waals surface area contributed by atoms with Crippen molar-refractivity contribution in [3.8, 4) is 0 Å². The highest BCUT2D eigenvalue weighted by atomic mass is 32.2. The standard InChI is InChI=1S/C15H22N2OS2/c1-17(8-9-18-10-11-6-7-11)12-4-3-5-13(20-2)14(12)15(16)19/h3-5,11H,6-10H2,1-2H3,(H2,16,19). The molecule has 0 aromatic heterocycles. The molecule has 0 unspecified atom stereocenters. The number of thioether (sulfide) groups is 1. The smallest absolute Gasteiger partial charge is 0.107 e. The Morgan fingerprint density at radius 1 is 1.50 bits per heavy atom. The number of likely N-dealkylation sites (N-methyl/N-ethyl adjacent to an activating group) is 1. The zero-order valence-electron chi connectivity index (χ0n) is 12.1. The Hall–Kier alpha value is -0.780. The molecule has 2 rings (SSSR count). The molecule has 0 saturated heterocycles. The van der Waals surface area contributed by atoms with Crippen LogP contribution in [0.5, 0.6) is 0 Å². The fourth-order valence-corrected chi connectivity index (χ4v) is 3.02. The number of anilines is 1. The van der Waals surface area contributed by atoms with Crippen LogP contribution in [0, 0.1) is 5.92 Å². The number of hydrogen-bond donors (Lipinski definition) is 1. The van der Waals surface area contributed by atoms with Gasteiger partial charge in [0.2, 0.25) is 0 Å². The number of ether oxygens (including phenoxy) is 1. The minimum absolute atomic E-state index is 0.454. The van der Waals surface area contributed by atoms with E-state index >= 15 is 0 Å². The molecule has 110 valence electrons. The van der Waals surface area contributed by atoms with Crippen molar-refractivity contribution in [2.45, 2.75) is 17.7 Å². The molecule has 1 aliphatic rings. The van der Waals surface area contributed by atoms with E-state index in [1.165, 1.54) is 12.8 Å². The van der Waals surface area contributed by atoms with Gasteiger partial charge in [0, 0.05) is 36.3 Å². The van der Waals surface area contributed by atoms with Crippen LogP contribution in [0.4, 0.5) is 5.69 Å². The normalized spacial score (nSPS) is 14.3. The van der Waals surface area contributed by atoms with E-state index < -0.39 is 0 Å². The Balaban J connectivity index is 1.99. The minimum atomic E-state index is 0.454. The van der Waals surface area contributed by atoms with Gasteiger partial charge in [-0.3, -0.25) is 0 Å². The molecule has 0 spiro atoms. The largest absolute Gasteiger partial charge is 0.389 e. The van der Waals surface area contributed by atoms with Crippen LogP contribution >= 0.6 is 24.0 Å². The van der Waals surface area contributed by atoms with Crippen LogP contribution < -0.4 is 10.6 Å². The van der Waals surface area contributed by atoms with Gasteiger partial charge in [-0.15, -0.1) is 11.8 Å². The second kappa shape index (κ2) is 7.29. The number of benzene rings is 1. The maximum Gasteiger partial charge on any atom is 0.107 e. The molecule has 3 nitrogen and oxygen atoms in total. The SMILES string of the molecule is CSc1cccc(N(C)CCOCC2CC2)c1C(N)=S. The van der Waals surface area contributed by atoms with Crippen molar-refractivity contribution in [3.63, 3.8) is 0 Å². The van der Waals surface area contributed by atoms with Crippen LogP contribution in [0.1, 0.15) is 18.4 Å². The lowest BCUT2D eigenvalue weighted by atomic mass is 10.1. The van der Waals surface area contributed by atoms with Crippen LogP contribution in [-0.2, 0) is 4.74 Å². The fraction of sp³-hybridized carbons (Fsp3) is 0.533. The van der Waals surface area contributed by atoms with Gasteiger partial charge < -0.3 is 15.4 Å². The molecule has 0 heterocycles. The highest BCUT2D eigenvalue weighted by Crippen LogP contribution is 2.30. The first-order valence-electron chi connectivity index (χ1n) is 6.89. The molecular weight excluding hydrogens is 288 g/mol. The van der Waals surface area contributed by atoms with Gasteiger partial charge in [0.05, 0.1) is 6.61 Å². The summed E-state index contributed by atoms with van der Waals surface area (Å²) in [6.07, 6.45) is 4.70. The van der Waals surface area contributed by atoms with Crippen molar-refractivity contribution < 1.29 is 4.74 Å². The van der Waals surface area contributed by atoms with Crippen molar-refractivity contribution in [1.82, 2.24) is 0 Å².